The lowest BCUT2D eigenvalue weighted by atomic mass is 10.1. The van der Waals surface area contributed by atoms with Gasteiger partial charge in [-0.25, -0.2) is 22.4 Å². The van der Waals surface area contributed by atoms with Gasteiger partial charge in [0.15, 0.2) is 23.3 Å². The summed E-state index contributed by atoms with van der Waals surface area (Å²) in [5, 5.41) is 8.39. The van der Waals surface area contributed by atoms with Crippen LogP contribution in [0.1, 0.15) is 29.8 Å². The SMILES string of the molecule is CC.Cc1c(F)c(F)c(F)c(F)c1C(=O)O. The first-order chi connectivity index (χ1) is 7.37. The maximum Gasteiger partial charge on any atom is 0.339 e. The summed E-state index contributed by atoms with van der Waals surface area (Å²) < 4.78 is 50.6. The van der Waals surface area contributed by atoms with Crippen molar-refractivity contribution < 1.29 is 27.5 Å². The highest BCUT2D eigenvalue weighted by atomic mass is 19.2. The summed E-state index contributed by atoms with van der Waals surface area (Å²) in [5.74, 6) is -9.57. The van der Waals surface area contributed by atoms with E-state index >= 15 is 0 Å². The van der Waals surface area contributed by atoms with Crippen molar-refractivity contribution in [1.82, 2.24) is 0 Å². The van der Waals surface area contributed by atoms with Gasteiger partial charge in [-0.05, 0) is 6.92 Å². The summed E-state index contributed by atoms with van der Waals surface area (Å²) in [6.07, 6.45) is 0. The molecule has 0 saturated heterocycles. The van der Waals surface area contributed by atoms with Gasteiger partial charge in [0.1, 0.15) is 5.56 Å². The normalized spacial score (nSPS) is 9.44. The fourth-order valence-corrected chi connectivity index (χ4v) is 0.996. The monoisotopic (exact) mass is 238 g/mol. The van der Waals surface area contributed by atoms with Crippen LogP contribution in [-0.4, -0.2) is 11.1 Å². The summed E-state index contributed by atoms with van der Waals surface area (Å²) in [6.45, 7) is 4.85. The third kappa shape index (κ3) is 2.32. The van der Waals surface area contributed by atoms with Gasteiger partial charge in [-0.3, -0.25) is 0 Å². The van der Waals surface area contributed by atoms with Crippen LogP contribution in [-0.2, 0) is 0 Å². The third-order valence-corrected chi connectivity index (χ3v) is 1.72. The number of carboxylic acid groups (broad SMARTS) is 1. The number of benzene rings is 1. The minimum absolute atomic E-state index is 0.770. The molecule has 90 valence electrons. The molecule has 2 nitrogen and oxygen atoms in total. The quantitative estimate of drug-likeness (QED) is 0.463. The minimum atomic E-state index is -2.12. The predicted octanol–water partition coefficient (Wildman–Crippen LogP) is 3.28. The zero-order chi connectivity index (χ0) is 13.0. The lowest BCUT2D eigenvalue weighted by molar-refractivity contribution is 0.0688. The summed E-state index contributed by atoms with van der Waals surface area (Å²) in [5.41, 5.74) is -1.96. The Labute approximate surface area is 89.5 Å². The van der Waals surface area contributed by atoms with E-state index < -0.39 is 40.4 Å². The number of hydrogen-bond donors (Lipinski definition) is 1. The molecule has 6 heteroatoms. The Hall–Kier alpha value is -1.59. The highest BCUT2D eigenvalue weighted by Crippen LogP contribution is 2.23. The van der Waals surface area contributed by atoms with Crippen LogP contribution in [0.15, 0.2) is 0 Å². The smallest absolute Gasteiger partial charge is 0.339 e. The fraction of sp³-hybridized carbons (Fsp3) is 0.300. The summed E-state index contributed by atoms with van der Waals surface area (Å²) in [4.78, 5) is 10.4. The van der Waals surface area contributed by atoms with Gasteiger partial charge >= 0.3 is 5.97 Å². The third-order valence-electron chi connectivity index (χ3n) is 1.72. The Morgan fingerprint density at radius 3 is 1.69 bits per heavy atom. The lowest BCUT2D eigenvalue weighted by Gasteiger charge is -2.05. The largest absolute Gasteiger partial charge is 0.478 e. The molecule has 0 aromatic heterocycles. The topological polar surface area (TPSA) is 37.3 Å². The van der Waals surface area contributed by atoms with Crippen LogP contribution in [0.5, 0.6) is 0 Å². The molecule has 0 aliphatic carbocycles. The molecule has 0 aliphatic heterocycles. The van der Waals surface area contributed by atoms with Crippen LogP contribution in [0.3, 0.4) is 0 Å². The van der Waals surface area contributed by atoms with Crippen molar-refractivity contribution in [3.05, 3.63) is 34.4 Å². The zero-order valence-electron chi connectivity index (χ0n) is 8.87. The van der Waals surface area contributed by atoms with Crippen molar-refractivity contribution in [2.45, 2.75) is 20.8 Å². The minimum Gasteiger partial charge on any atom is -0.478 e. The second-order valence-electron chi connectivity index (χ2n) is 2.56. The highest BCUT2D eigenvalue weighted by molar-refractivity contribution is 5.89. The summed E-state index contributed by atoms with van der Waals surface area (Å²) in [7, 11) is 0. The maximum absolute atomic E-state index is 12.8. The second kappa shape index (κ2) is 5.48. The van der Waals surface area contributed by atoms with Crippen molar-refractivity contribution in [3.8, 4) is 0 Å². The number of carboxylic acids is 1. The van der Waals surface area contributed by atoms with Crippen molar-refractivity contribution in [1.29, 1.82) is 0 Å². The van der Waals surface area contributed by atoms with Crippen LogP contribution in [0.25, 0.3) is 0 Å². The molecule has 1 N–H and O–H groups in total. The second-order valence-corrected chi connectivity index (χ2v) is 2.56. The van der Waals surface area contributed by atoms with E-state index in [0.29, 0.717) is 0 Å². The Balaban J connectivity index is 0.00000106. The van der Waals surface area contributed by atoms with Crippen molar-refractivity contribution in [3.63, 3.8) is 0 Å². The van der Waals surface area contributed by atoms with Crippen LogP contribution in [0.4, 0.5) is 17.6 Å². The first-order valence-corrected chi connectivity index (χ1v) is 4.43. The molecule has 0 heterocycles. The molecule has 0 radical (unpaired) electrons. The van der Waals surface area contributed by atoms with Gasteiger partial charge in [0.2, 0.25) is 0 Å². The van der Waals surface area contributed by atoms with E-state index in [0.717, 1.165) is 6.92 Å². The molecular weight excluding hydrogens is 228 g/mol. The van der Waals surface area contributed by atoms with E-state index in [1.54, 1.807) is 0 Å². The van der Waals surface area contributed by atoms with Gasteiger partial charge in [-0.1, -0.05) is 13.8 Å². The zero-order valence-corrected chi connectivity index (χ0v) is 8.87. The highest BCUT2D eigenvalue weighted by Gasteiger charge is 2.26. The number of rotatable bonds is 1. The molecular formula is C10H10F4O2. The number of hydrogen-bond acceptors (Lipinski definition) is 1. The Bertz CT molecular complexity index is 387. The first-order valence-electron chi connectivity index (χ1n) is 4.43. The number of halogens is 4. The first kappa shape index (κ1) is 14.4. The summed E-state index contributed by atoms with van der Waals surface area (Å²) in [6, 6.07) is 0. The average Bonchev–Trinajstić information content (AvgIpc) is 2.26. The Morgan fingerprint density at radius 2 is 1.31 bits per heavy atom. The van der Waals surface area contributed by atoms with E-state index in [9.17, 15) is 22.4 Å². The molecule has 0 aliphatic rings. The molecule has 1 aromatic rings. The molecule has 0 saturated carbocycles. The number of carbonyl (C=O) groups is 1. The van der Waals surface area contributed by atoms with E-state index in [1.807, 2.05) is 13.8 Å². The molecule has 0 atom stereocenters. The Morgan fingerprint density at radius 1 is 0.938 bits per heavy atom. The summed E-state index contributed by atoms with van der Waals surface area (Å²) >= 11 is 0. The average molecular weight is 238 g/mol. The van der Waals surface area contributed by atoms with Crippen LogP contribution >= 0.6 is 0 Å². The van der Waals surface area contributed by atoms with Gasteiger partial charge < -0.3 is 5.11 Å². The van der Waals surface area contributed by atoms with Gasteiger partial charge in [0, 0.05) is 5.56 Å². The van der Waals surface area contributed by atoms with Gasteiger partial charge in [0.05, 0.1) is 0 Å². The van der Waals surface area contributed by atoms with Crippen molar-refractivity contribution in [2.24, 2.45) is 0 Å². The number of aromatic carboxylic acids is 1. The molecule has 0 bridgehead atoms. The fourth-order valence-electron chi connectivity index (χ4n) is 0.996. The molecule has 1 aromatic carbocycles. The maximum atomic E-state index is 12.8. The van der Waals surface area contributed by atoms with E-state index in [1.165, 1.54) is 0 Å². The van der Waals surface area contributed by atoms with E-state index in [-0.39, 0.29) is 0 Å². The predicted molar refractivity (Wildman–Crippen MR) is 49.3 cm³/mol. The van der Waals surface area contributed by atoms with Gasteiger partial charge in [-0.2, -0.15) is 0 Å². The lowest BCUT2D eigenvalue weighted by Crippen LogP contribution is -2.11. The molecule has 0 fully saturated rings. The van der Waals surface area contributed by atoms with Crippen LogP contribution < -0.4 is 0 Å². The molecule has 0 unspecified atom stereocenters. The van der Waals surface area contributed by atoms with Crippen LogP contribution in [0.2, 0.25) is 0 Å². The van der Waals surface area contributed by atoms with Crippen molar-refractivity contribution in [2.75, 3.05) is 0 Å². The molecule has 0 spiro atoms. The van der Waals surface area contributed by atoms with E-state index in [4.69, 9.17) is 5.11 Å². The molecule has 16 heavy (non-hydrogen) atoms. The van der Waals surface area contributed by atoms with Gasteiger partial charge in [-0.15, -0.1) is 0 Å². The standard InChI is InChI=1S/C8H4F4O2.C2H6/c1-2-3(8(13)14)5(10)7(12)6(11)4(2)9;1-2/h1H3,(H,13,14);1-2H3. The van der Waals surface area contributed by atoms with E-state index in [2.05, 4.69) is 0 Å². The Kier molecular flexibility index (Phi) is 4.94. The van der Waals surface area contributed by atoms with Gasteiger partial charge in [0.25, 0.3) is 0 Å². The van der Waals surface area contributed by atoms with Crippen LogP contribution in [0, 0.1) is 30.2 Å². The molecule has 1 rings (SSSR count). The van der Waals surface area contributed by atoms with Crippen molar-refractivity contribution >= 4 is 5.97 Å². The molecule has 0 amide bonds.